The zero-order valence-corrected chi connectivity index (χ0v) is 17.9. The lowest BCUT2D eigenvalue weighted by Gasteiger charge is -2.13. The van der Waals surface area contributed by atoms with Crippen LogP contribution in [0.4, 0.5) is 0 Å². The molecule has 0 radical (unpaired) electrons. The van der Waals surface area contributed by atoms with Crippen molar-refractivity contribution in [2.24, 2.45) is 0 Å². The SMILES string of the molecule is COc1cc(/C=C/C(=O)OCc2ccc(CO[N+](=O)[O-])cc2)ccc1OC(=O)C(C)NC=O. The van der Waals surface area contributed by atoms with Gasteiger partial charge in [-0.3, -0.25) is 4.79 Å². The second-order valence-electron chi connectivity index (χ2n) is 6.59. The summed E-state index contributed by atoms with van der Waals surface area (Å²) in [6.45, 7) is 1.34. The van der Waals surface area contributed by atoms with Crippen LogP contribution in [0.5, 0.6) is 11.5 Å². The van der Waals surface area contributed by atoms with Crippen LogP contribution in [0.15, 0.2) is 48.5 Å². The van der Waals surface area contributed by atoms with E-state index in [1.807, 2.05) is 0 Å². The lowest BCUT2D eigenvalue weighted by Crippen LogP contribution is -2.36. The summed E-state index contributed by atoms with van der Waals surface area (Å²) in [5.41, 5.74) is 1.91. The zero-order chi connectivity index (χ0) is 24.2. The average Bonchev–Trinajstić information content (AvgIpc) is 2.81. The number of methoxy groups -OCH3 is 1. The summed E-state index contributed by atoms with van der Waals surface area (Å²) in [4.78, 5) is 48.8. The molecule has 1 amide bonds. The number of nitrogens with one attached hydrogen (secondary N) is 1. The maximum atomic E-state index is 12.0. The summed E-state index contributed by atoms with van der Waals surface area (Å²) >= 11 is 0. The van der Waals surface area contributed by atoms with Gasteiger partial charge in [-0.1, -0.05) is 30.3 Å². The van der Waals surface area contributed by atoms with Gasteiger partial charge in [0.25, 0.3) is 5.09 Å². The van der Waals surface area contributed by atoms with Crippen molar-refractivity contribution in [2.45, 2.75) is 26.2 Å². The van der Waals surface area contributed by atoms with Gasteiger partial charge in [0.05, 0.1) is 7.11 Å². The molecule has 0 heterocycles. The molecule has 0 aliphatic carbocycles. The van der Waals surface area contributed by atoms with E-state index >= 15 is 0 Å². The van der Waals surface area contributed by atoms with E-state index in [4.69, 9.17) is 14.2 Å². The number of benzene rings is 2. The van der Waals surface area contributed by atoms with Crippen molar-refractivity contribution < 1.29 is 38.5 Å². The minimum atomic E-state index is -0.869. The monoisotopic (exact) mass is 458 g/mol. The quantitative estimate of drug-likeness (QED) is 0.126. The third kappa shape index (κ3) is 8.32. The number of nitrogens with zero attached hydrogens (tertiary/aromatic N) is 1. The fraction of sp³-hybridized carbons (Fsp3) is 0.227. The van der Waals surface area contributed by atoms with Crippen LogP contribution in [0.25, 0.3) is 6.08 Å². The molecule has 1 unspecified atom stereocenters. The number of hydrogen-bond donors (Lipinski definition) is 1. The molecule has 0 aliphatic rings. The number of amides is 1. The molecule has 1 N–H and O–H groups in total. The Balaban J connectivity index is 1.91. The lowest BCUT2D eigenvalue weighted by molar-refractivity contribution is -0.763. The van der Waals surface area contributed by atoms with Gasteiger partial charge in [0.1, 0.15) is 19.3 Å². The predicted molar refractivity (Wildman–Crippen MR) is 114 cm³/mol. The molecule has 0 saturated carbocycles. The van der Waals surface area contributed by atoms with Crippen molar-refractivity contribution in [1.82, 2.24) is 5.32 Å². The van der Waals surface area contributed by atoms with Crippen LogP contribution < -0.4 is 14.8 Å². The molecule has 174 valence electrons. The lowest BCUT2D eigenvalue weighted by atomic mass is 10.1. The Hall–Kier alpha value is -4.41. The molecule has 0 aromatic heterocycles. The van der Waals surface area contributed by atoms with Gasteiger partial charge in [-0.2, -0.15) is 0 Å². The summed E-state index contributed by atoms with van der Waals surface area (Å²) in [5, 5.41) is 11.6. The molecular weight excluding hydrogens is 436 g/mol. The zero-order valence-electron chi connectivity index (χ0n) is 17.9. The molecule has 1 atom stereocenters. The predicted octanol–water partition coefficient (Wildman–Crippen LogP) is 2.20. The Bertz CT molecular complexity index is 1020. The number of carbonyl (C=O) groups is 3. The first-order valence-corrected chi connectivity index (χ1v) is 9.61. The summed E-state index contributed by atoms with van der Waals surface area (Å²) in [6, 6.07) is 10.5. The highest BCUT2D eigenvalue weighted by atomic mass is 16.9. The van der Waals surface area contributed by atoms with Crippen molar-refractivity contribution in [3.8, 4) is 11.5 Å². The van der Waals surface area contributed by atoms with E-state index in [2.05, 4.69) is 10.2 Å². The van der Waals surface area contributed by atoms with E-state index in [0.717, 1.165) is 0 Å². The summed E-state index contributed by atoms with van der Waals surface area (Å²) in [6.07, 6.45) is 3.14. The molecule has 0 saturated heterocycles. The second kappa shape index (κ2) is 12.4. The van der Waals surface area contributed by atoms with E-state index in [0.29, 0.717) is 23.1 Å². The molecule has 0 aliphatic heterocycles. The average molecular weight is 458 g/mol. The van der Waals surface area contributed by atoms with Crippen molar-refractivity contribution in [3.63, 3.8) is 0 Å². The standard InChI is InChI=1S/C22H22N2O9/c1-15(23-14-25)22(27)33-19-9-7-16(11-20(19)30-2)8-10-21(26)31-12-17-3-5-18(6-4-17)13-32-24(28)29/h3-11,14-15H,12-13H2,1-2H3,(H,23,25)/b10-8+. The minimum absolute atomic E-state index is 0.0186. The van der Waals surface area contributed by atoms with Gasteiger partial charge in [0, 0.05) is 6.08 Å². The van der Waals surface area contributed by atoms with Crippen LogP contribution in [-0.2, 0) is 37.2 Å². The van der Waals surface area contributed by atoms with Crippen molar-refractivity contribution in [3.05, 3.63) is 75.3 Å². The van der Waals surface area contributed by atoms with Crippen molar-refractivity contribution in [2.75, 3.05) is 7.11 Å². The van der Waals surface area contributed by atoms with Crippen LogP contribution in [0, 0.1) is 10.1 Å². The fourth-order valence-electron chi connectivity index (χ4n) is 2.46. The number of rotatable bonds is 12. The third-order valence-electron chi connectivity index (χ3n) is 4.22. The molecule has 33 heavy (non-hydrogen) atoms. The Morgan fingerprint density at radius 1 is 1.09 bits per heavy atom. The van der Waals surface area contributed by atoms with Crippen LogP contribution in [0.1, 0.15) is 23.6 Å². The van der Waals surface area contributed by atoms with Gasteiger partial charge in [0.15, 0.2) is 11.5 Å². The summed E-state index contributed by atoms with van der Waals surface area (Å²) in [5.74, 6) is -0.822. The van der Waals surface area contributed by atoms with Gasteiger partial charge in [-0.15, -0.1) is 10.1 Å². The van der Waals surface area contributed by atoms with Gasteiger partial charge in [-0.25, -0.2) is 9.59 Å². The van der Waals surface area contributed by atoms with Crippen molar-refractivity contribution in [1.29, 1.82) is 0 Å². The maximum Gasteiger partial charge on any atom is 0.333 e. The largest absolute Gasteiger partial charge is 0.493 e. The van der Waals surface area contributed by atoms with Gasteiger partial charge >= 0.3 is 11.9 Å². The van der Waals surface area contributed by atoms with Gasteiger partial charge in [-0.05, 0) is 41.8 Å². The number of hydrogen-bond acceptors (Lipinski definition) is 9. The summed E-state index contributed by atoms with van der Waals surface area (Å²) in [7, 11) is 1.40. The van der Waals surface area contributed by atoms with E-state index in [1.54, 1.807) is 36.4 Å². The molecule has 11 heteroatoms. The Labute approximate surface area is 189 Å². The smallest absolute Gasteiger partial charge is 0.333 e. The van der Waals surface area contributed by atoms with E-state index in [-0.39, 0.29) is 24.7 Å². The van der Waals surface area contributed by atoms with E-state index < -0.39 is 23.1 Å². The van der Waals surface area contributed by atoms with Crippen LogP contribution in [0.2, 0.25) is 0 Å². The van der Waals surface area contributed by atoms with Crippen LogP contribution in [0.3, 0.4) is 0 Å². The van der Waals surface area contributed by atoms with E-state index in [1.165, 1.54) is 32.3 Å². The normalized spacial score (nSPS) is 11.3. The van der Waals surface area contributed by atoms with Crippen molar-refractivity contribution >= 4 is 24.4 Å². The number of esters is 2. The number of ether oxygens (including phenoxy) is 3. The molecule has 0 fully saturated rings. The topological polar surface area (TPSA) is 143 Å². The fourth-order valence-corrected chi connectivity index (χ4v) is 2.46. The molecule has 2 aromatic rings. The Morgan fingerprint density at radius 3 is 2.36 bits per heavy atom. The highest BCUT2D eigenvalue weighted by molar-refractivity contribution is 5.87. The highest BCUT2D eigenvalue weighted by Gasteiger charge is 2.16. The first-order valence-electron chi connectivity index (χ1n) is 9.61. The van der Waals surface area contributed by atoms with Gasteiger partial charge < -0.3 is 24.4 Å². The molecule has 0 bridgehead atoms. The Kier molecular flexibility index (Phi) is 9.37. The molecule has 2 rings (SSSR count). The minimum Gasteiger partial charge on any atom is -0.493 e. The Morgan fingerprint density at radius 2 is 1.76 bits per heavy atom. The van der Waals surface area contributed by atoms with Crippen LogP contribution in [-0.4, -0.2) is 36.6 Å². The summed E-state index contributed by atoms with van der Waals surface area (Å²) < 4.78 is 15.6. The molecule has 2 aromatic carbocycles. The second-order valence-corrected chi connectivity index (χ2v) is 6.59. The first-order chi connectivity index (χ1) is 15.8. The third-order valence-corrected chi connectivity index (χ3v) is 4.22. The number of carbonyl (C=O) groups excluding carboxylic acids is 3. The highest BCUT2D eigenvalue weighted by Crippen LogP contribution is 2.29. The first kappa shape index (κ1) is 24.9. The maximum absolute atomic E-state index is 12.0. The molecular formula is C22H22N2O9. The molecule has 11 nitrogen and oxygen atoms in total. The van der Waals surface area contributed by atoms with E-state index in [9.17, 15) is 24.5 Å². The van der Waals surface area contributed by atoms with Gasteiger partial charge in [0.2, 0.25) is 6.41 Å². The molecule has 0 spiro atoms. The van der Waals surface area contributed by atoms with Crippen LogP contribution >= 0.6 is 0 Å².